The summed E-state index contributed by atoms with van der Waals surface area (Å²) >= 11 is 0. The average molecular weight is 313 g/mol. The molecule has 2 aromatic heterocycles. The number of nitrogens with zero attached hydrogens (tertiary/aromatic N) is 4. The standard InChI is InChI=1S/C17H23N5O/c1-13-12-16(23)22(15-4-9-21(10-5-15)11-6-18)20-17(13)14-2-7-19-8-3-14/h2-3,7-8,12,15H,4-6,9-11,18H2,1H3. The summed E-state index contributed by atoms with van der Waals surface area (Å²) in [7, 11) is 0. The number of pyridine rings is 1. The Morgan fingerprint density at radius 1 is 1.26 bits per heavy atom. The predicted molar refractivity (Wildman–Crippen MR) is 90.2 cm³/mol. The first-order valence-electron chi connectivity index (χ1n) is 8.12. The van der Waals surface area contributed by atoms with E-state index in [9.17, 15) is 4.79 Å². The Bertz CT molecular complexity index is 705. The van der Waals surface area contributed by atoms with Crippen LogP contribution in [-0.2, 0) is 0 Å². The van der Waals surface area contributed by atoms with Gasteiger partial charge in [0.15, 0.2) is 0 Å². The lowest BCUT2D eigenvalue weighted by Crippen LogP contribution is -2.40. The number of aromatic nitrogens is 3. The van der Waals surface area contributed by atoms with E-state index in [2.05, 4.69) is 15.0 Å². The molecule has 1 fully saturated rings. The number of likely N-dealkylation sites (tertiary alicyclic amines) is 1. The molecule has 2 aromatic rings. The Hall–Kier alpha value is -2.05. The van der Waals surface area contributed by atoms with Gasteiger partial charge in [-0.05, 0) is 37.5 Å². The first-order valence-corrected chi connectivity index (χ1v) is 8.12. The lowest BCUT2D eigenvalue weighted by Gasteiger charge is -2.32. The number of rotatable bonds is 4. The molecule has 1 aliphatic rings. The summed E-state index contributed by atoms with van der Waals surface area (Å²) in [5, 5.41) is 4.67. The van der Waals surface area contributed by atoms with E-state index in [1.54, 1.807) is 23.1 Å². The van der Waals surface area contributed by atoms with E-state index < -0.39 is 0 Å². The maximum atomic E-state index is 12.4. The van der Waals surface area contributed by atoms with Gasteiger partial charge in [-0.15, -0.1) is 0 Å². The van der Waals surface area contributed by atoms with Crippen molar-refractivity contribution in [3.8, 4) is 11.3 Å². The van der Waals surface area contributed by atoms with Gasteiger partial charge in [0, 0.05) is 50.2 Å². The van der Waals surface area contributed by atoms with Crippen molar-refractivity contribution in [1.29, 1.82) is 0 Å². The van der Waals surface area contributed by atoms with Crippen LogP contribution in [0, 0.1) is 6.92 Å². The Morgan fingerprint density at radius 2 is 1.96 bits per heavy atom. The predicted octanol–water partition coefficient (Wildman–Crippen LogP) is 1.21. The lowest BCUT2D eigenvalue weighted by atomic mass is 10.0. The fourth-order valence-electron chi connectivity index (χ4n) is 3.18. The first kappa shape index (κ1) is 15.8. The van der Waals surface area contributed by atoms with E-state index >= 15 is 0 Å². The smallest absolute Gasteiger partial charge is 0.267 e. The highest BCUT2D eigenvalue weighted by molar-refractivity contribution is 5.61. The summed E-state index contributed by atoms with van der Waals surface area (Å²) in [6.07, 6.45) is 5.37. The Kier molecular flexibility index (Phi) is 4.83. The third-order valence-corrected chi connectivity index (χ3v) is 4.45. The van der Waals surface area contributed by atoms with E-state index in [1.807, 2.05) is 19.1 Å². The molecule has 0 radical (unpaired) electrons. The largest absolute Gasteiger partial charge is 0.329 e. The van der Waals surface area contributed by atoms with Gasteiger partial charge in [0.1, 0.15) is 0 Å². The van der Waals surface area contributed by atoms with Crippen molar-refractivity contribution in [3.63, 3.8) is 0 Å². The summed E-state index contributed by atoms with van der Waals surface area (Å²) in [6.45, 7) is 5.46. The van der Waals surface area contributed by atoms with E-state index in [0.29, 0.717) is 6.54 Å². The Labute approximate surface area is 136 Å². The zero-order valence-corrected chi connectivity index (χ0v) is 13.5. The van der Waals surface area contributed by atoms with Gasteiger partial charge in [-0.25, -0.2) is 4.68 Å². The van der Waals surface area contributed by atoms with Gasteiger partial charge in [-0.1, -0.05) is 0 Å². The average Bonchev–Trinajstić information content (AvgIpc) is 2.57. The van der Waals surface area contributed by atoms with Gasteiger partial charge < -0.3 is 10.6 Å². The molecular formula is C17H23N5O. The topological polar surface area (TPSA) is 77.0 Å². The minimum absolute atomic E-state index is 0.0161. The Morgan fingerprint density at radius 3 is 2.61 bits per heavy atom. The molecule has 0 bridgehead atoms. The van der Waals surface area contributed by atoms with Crippen molar-refractivity contribution in [2.24, 2.45) is 5.73 Å². The summed E-state index contributed by atoms with van der Waals surface area (Å²) in [4.78, 5) is 18.8. The normalized spacial score (nSPS) is 16.6. The van der Waals surface area contributed by atoms with Gasteiger partial charge in [0.25, 0.3) is 5.56 Å². The number of hydrogen-bond donors (Lipinski definition) is 1. The number of aryl methyl sites for hydroxylation is 1. The molecule has 0 saturated carbocycles. The molecule has 0 unspecified atom stereocenters. The van der Waals surface area contributed by atoms with E-state index in [-0.39, 0.29) is 11.6 Å². The third-order valence-electron chi connectivity index (χ3n) is 4.45. The molecule has 2 N–H and O–H groups in total. The molecule has 3 heterocycles. The van der Waals surface area contributed by atoms with Gasteiger partial charge >= 0.3 is 0 Å². The van der Waals surface area contributed by atoms with Crippen molar-refractivity contribution < 1.29 is 0 Å². The highest BCUT2D eigenvalue weighted by atomic mass is 16.1. The summed E-state index contributed by atoms with van der Waals surface area (Å²) in [5.74, 6) is 0. The molecule has 0 amide bonds. The van der Waals surface area contributed by atoms with Crippen LogP contribution in [0.15, 0.2) is 35.4 Å². The fraction of sp³-hybridized carbons (Fsp3) is 0.471. The maximum Gasteiger partial charge on any atom is 0.267 e. The monoisotopic (exact) mass is 313 g/mol. The van der Waals surface area contributed by atoms with Crippen molar-refractivity contribution in [1.82, 2.24) is 19.7 Å². The van der Waals surface area contributed by atoms with Crippen LogP contribution in [0.2, 0.25) is 0 Å². The first-order chi connectivity index (χ1) is 11.2. The van der Waals surface area contributed by atoms with Crippen LogP contribution in [0.25, 0.3) is 11.3 Å². The minimum Gasteiger partial charge on any atom is -0.329 e. The van der Waals surface area contributed by atoms with Crippen LogP contribution < -0.4 is 11.3 Å². The molecule has 122 valence electrons. The molecule has 23 heavy (non-hydrogen) atoms. The Balaban J connectivity index is 1.87. The van der Waals surface area contributed by atoms with Gasteiger partial charge in [0.2, 0.25) is 0 Å². The molecule has 3 rings (SSSR count). The van der Waals surface area contributed by atoms with Crippen molar-refractivity contribution in [2.75, 3.05) is 26.2 Å². The molecule has 1 saturated heterocycles. The van der Waals surface area contributed by atoms with Gasteiger partial charge in [0.05, 0.1) is 11.7 Å². The van der Waals surface area contributed by atoms with Crippen molar-refractivity contribution >= 4 is 0 Å². The SMILES string of the molecule is Cc1cc(=O)n(C2CCN(CCN)CC2)nc1-c1ccncc1. The molecule has 0 spiro atoms. The second kappa shape index (κ2) is 7.02. The number of piperidine rings is 1. The number of nitrogens with two attached hydrogens (primary N) is 1. The summed E-state index contributed by atoms with van der Waals surface area (Å²) in [6, 6.07) is 5.70. The quantitative estimate of drug-likeness (QED) is 0.918. The highest BCUT2D eigenvalue weighted by Crippen LogP contribution is 2.23. The third kappa shape index (κ3) is 3.48. The maximum absolute atomic E-state index is 12.4. The van der Waals surface area contributed by atoms with Gasteiger partial charge in [-0.3, -0.25) is 9.78 Å². The van der Waals surface area contributed by atoms with Crippen LogP contribution >= 0.6 is 0 Å². The van der Waals surface area contributed by atoms with Crippen LogP contribution in [-0.4, -0.2) is 45.8 Å². The lowest BCUT2D eigenvalue weighted by molar-refractivity contribution is 0.181. The van der Waals surface area contributed by atoms with Gasteiger partial charge in [-0.2, -0.15) is 5.10 Å². The molecule has 0 aromatic carbocycles. The molecule has 6 heteroatoms. The molecule has 0 aliphatic carbocycles. The van der Waals surface area contributed by atoms with Crippen LogP contribution in [0.4, 0.5) is 0 Å². The molecule has 0 atom stereocenters. The highest BCUT2D eigenvalue weighted by Gasteiger charge is 2.22. The van der Waals surface area contributed by atoms with Crippen LogP contribution in [0.1, 0.15) is 24.4 Å². The van der Waals surface area contributed by atoms with Crippen molar-refractivity contribution in [2.45, 2.75) is 25.8 Å². The summed E-state index contributed by atoms with van der Waals surface area (Å²) < 4.78 is 1.67. The minimum atomic E-state index is -0.0161. The molecular weight excluding hydrogens is 290 g/mol. The van der Waals surface area contributed by atoms with Crippen molar-refractivity contribution in [3.05, 3.63) is 46.5 Å². The molecule has 6 nitrogen and oxygen atoms in total. The van der Waals surface area contributed by atoms with Crippen LogP contribution in [0.3, 0.4) is 0 Å². The zero-order valence-electron chi connectivity index (χ0n) is 13.5. The number of hydrogen-bond acceptors (Lipinski definition) is 5. The van der Waals surface area contributed by atoms with E-state index in [0.717, 1.165) is 49.3 Å². The zero-order chi connectivity index (χ0) is 16.2. The van der Waals surface area contributed by atoms with Crippen LogP contribution in [0.5, 0.6) is 0 Å². The second-order valence-corrected chi connectivity index (χ2v) is 6.06. The van der Waals surface area contributed by atoms with E-state index in [1.165, 1.54) is 0 Å². The van der Waals surface area contributed by atoms with E-state index in [4.69, 9.17) is 5.73 Å². The second-order valence-electron chi connectivity index (χ2n) is 6.06. The molecule has 1 aliphatic heterocycles. The summed E-state index contributed by atoms with van der Waals surface area (Å²) in [5.41, 5.74) is 8.35. The fourth-order valence-corrected chi connectivity index (χ4v) is 3.18.